The third-order valence-electron chi connectivity index (χ3n) is 4.32. The molecule has 7 nitrogen and oxygen atoms in total. The first-order valence-electron chi connectivity index (χ1n) is 8.33. The highest BCUT2D eigenvalue weighted by Crippen LogP contribution is 2.20. The Bertz CT molecular complexity index is 949. The number of hydrogen-bond acceptors (Lipinski definition) is 4. The molecule has 4 rings (SSSR count). The van der Waals surface area contributed by atoms with Gasteiger partial charge < -0.3 is 10.6 Å². The van der Waals surface area contributed by atoms with Gasteiger partial charge in [0.05, 0.1) is 6.54 Å². The highest BCUT2D eigenvalue weighted by molar-refractivity contribution is 6.05. The summed E-state index contributed by atoms with van der Waals surface area (Å²) in [6.07, 6.45) is 3.94. The molecular formula is C19H17N5O2. The summed E-state index contributed by atoms with van der Waals surface area (Å²) in [6, 6.07) is 12.8. The molecule has 7 heteroatoms. The normalized spacial score (nSPS) is 13.0. The van der Waals surface area contributed by atoms with Gasteiger partial charge in [-0.05, 0) is 41.8 Å². The van der Waals surface area contributed by atoms with Crippen molar-refractivity contribution < 1.29 is 9.59 Å². The number of fused-ring (bicyclic) bond motifs is 1. The lowest BCUT2D eigenvalue weighted by atomic mass is 9.99. The number of nitrogens with zero attached hydrogens (tertiary/aromatic N) is 3. The van der Waals surface area contributed by atoms with Gasteiger partial charge >= 0.3 is 0 Å². The number of carbonyl (C=O) groups excluding carboxylic acids is 2. The quantitative estimate of drug-likeness (QED) is 0.754. The van der Waals surface area contributed by atoms with Crippen LogP contribution in [0.4, 0.5) is 5.69 Å². The number of amides is 2. The molecule has 0 saturated carbocycles. The fraction of sp³-hybridized carbons (Fsp3) is 0.158. The summed E-state index contributed by atoms with van der Waals surface area (Å²) in [5, 5.41) is 9.72. The van der Waals surface area contributed by atoms with Crippen molar-refractivity contribution in [3.8, 4) is 0 Å². The zero-order valence-electron chi connectivity index (χ0n) is 14.0. The Morgan fingerprint density at radius 3 is 2.81 bits per heavy atom. The molecule has 26 heavy (non-hydrogen) atoms. The van der Waals surface area contributed by atoms with E-state index < -0.39 is 0 Å². The van der Waals surface area contributed by atoms with E-state index >= 15 is 0 Å². The van der Waals surface area contributed by atoms with Crippen LogP contribution in [-0.4, -0.2) is 33.1 Å². The summed E-state index contributed by atoms with van der Waals surface area (Å²) in [6.45, 7) is 1.25. The molecule has 2 aromatic carbocycles. The molecule has 2 heterocycles. The van der Waals surface area contributed by atoms with Crippen LogP contribution in [-0.2, 0) is 13.0 Å². The van der Waals surface area contributed by atoms with Crippen molar-refractivity contribution >= 4 is 17.5 Å². The summed E-state index contributed by atoms with van der Waals surface area (Å²) in [7, 11) is 0. The SMILES string of the molecule is O=C(Nc1ccc2c(c1)C(=O)NCC2)c1ccc(Cn2cncn2)cc1. The van der Waals surface area contributed by atoms with Crippen LogP contribution in [0.3, 0.4) is 0 Å². The predicted molar refractivity (Wildman–Crippen MR) is 96.0 cm³/mol. The molecule has 1 aliphatic rings. The smallest absolute Gasteiger partial charge is 0.255 e. The van der Waals surface area contributed by atoms with Crippen LogP contribution < -0.4 is 10.6 Å². The number of anilines is 1. The average molecular weight is 347 g/mol. The van der Waals surface area contributed by atoms with Gasteiger partial charge in [0.2, 0.25) is 0 Å². The Morgan fingerprint density at radius 2 is 2.04 bits per heavy atom. The number of aromatic nitrogens is 3. The number of benzene rings is 2. The number of hydrogen-bond donors (Lipinski definition) is 2. The molecule has 0 spiro atoms. The van der Waals surface area contributed by atoms with Crippen molar-refractivity contribution in [2.75, 3.05) is 11.9 Å². The van der Waals surface area contributed by atoms with Crippen molar-refractivity contribution in [2.24, 2.45) is 0 Å². The molecule has 0 radical (unpaired) electrons. The van der Waals surface area contributed by atoms with E-state index in [0.717, 1.165) is 17.5 Å². The maximum absolute atomic E-state index is 12.5. The maximum atomic E-state index is 12.5. The lowest BCUT2D eigenvalue weighted by molar-refractivity contribution is 0.0944. The highest BCUT2D eigenvalue weighted by Gasteiger charge is 2.17. The zero-order chi connectivity index (χ0) is 17.9. The number of nitrogens with one attached hydrogen (secondary N) is 2. The Hall–Kier alpha value is -3.48. The molecule has 2 amide bonds. The molecule has 1 aliphatic heterocycles. The molecule has 1 aromatic heterocycles. The van der Waals surface area contributed by atoms with Gasteiger partial charge in [0.25, 0.3) is 11.8 Å². The van der Waals surface area contributed by atoms with Crippen molar-refractivity contribution in [1.82, 2.24) is 20.1 Å². The Kier molecular flexibility index (Phi) is 4.18. The maximum Gasteiger partial charge on any atom is 0.255 e. The third kappa shape index (κ3) is 3.32. The van der Waals surface area contributed by atoms with Gasteiger partial charge in [-0.2, -0.15) is 5.10 Å². The van der Waals surface area contributed by atoms with Gasteiger partial charge in [-0.1, -0.05) is 18.2 Å². The standard InChI is InChI=1S/C19H17N5O2/c25-18(15-3-1-13(2-4-15)10-24-12-20-11-22-24)23-16-6-5-14-7-8-21-19(26)17(14)9-16/h1-6,9,11-12H,7-8,10H2,(H,21,26)(H,23,25). The summed E-state index contributed by atoms with van der Waals surface area (Å²) >= 11 is 0. The molecule has 130 valence electrons. The van der Waals surface area contributed by atoms with Crippen molar-refractivity contribution in [1.29, 1.82) is 0 Å². The van der Waals surface area contributed by atoms with Crippen molar-refractivity contribution in [3.63, 3.8) is 0 Å². The van der Waals surface area contributed by atoms with Crippen LogP contribution >= 0.6 is 0 Å². The van der Waals surface area contributed by atoms with Crippen molar-refractivity contribution in [2.45, 2.75) is 13.0 Å². The average Bonchev–Trinajstić information content (AvgIpc) is 3.16. The van der Waals surface area contributed by atoms with Gasteiger partial charge in [-0.3, -0.25) is 9.59 Å². The summed E-state index contributed by atoms with van der Waals surface area (Å²) in [5.74, 6) is -0.312. The van der Waals surface area contributed by atoms with Crippen LogP contribution in [0.2, 0.25) is 0 Å². The Morgan fingerprint density at radius 1 is 1.19 bits per heavy atom. The Balaban J connectivity index is 1.46. The van der Waals surface area contributed by atoms with E-state index in [0.29, 0.717) is 29.9 Å². The third-order valence-corrected chi connectivity index (χ3v) is 4.32. The van der Waals surface area contributed by atoms with Gasteiger partial charge in [0.1, 0.15) is 12.7 Å². The van der Waals surface area contributed by atoms with Crippen molar-refractivity contribution in [3.05, 3.63) is 77.4 Å². The van der Waals surface area contributed by atoms with Crippen LogP contribution in [0.5, 0.6) is 0 Å². The van der Waals surface area contributed by atoms with Gasteiger partial charge in [-0.25, -0.2) is 9.67 Å². The van der Waals surface area contributed by atoms with E-state index in [1.165, 1.54) is 6.33 Å². The largest absolute Gasteiger partial charge is 0.352 e. The minimum atomic E-state index is -0.214. The summed E-state index contributed by atoms with van der Waals surface area (Å²) in [5.41, 5.74) is 3.81. The zero-order valence-corrected chi connectivity index (χ0v) is 14.0. The second kappa shape index (κ2) is 6.79. The molecule has 3 aromatic rings. The first-order chi connectivity index (χ1) is 12.7. The molecule has 0 bridgehead atoms. The minimum Gasteiger partial charge on any atom is -0.352 e. The fourth-order valence-corrected chi connectivity index (χ4v) is 2.96. The summed E-state index contributed by atoms with van der Waals surface area (Å²) in [4.78, 5) is 28.3. The fourth-order valence-electron chi connectivity index (χ4n) is 2.96. The summed E-state index contributed by atoms with van der Waals surface area (Å²) < 4.78 is 1.72. The van der Waals surface area contributed by atoms with Gasteiger partial charge in [0.15, 0.2) is 0 Å². The lowest BCUT2D eigenvalue weighted by Crippen LogP contribution is -2.31. The van der Waals surface area contributed by atoms with Gasteiger partial charge in [-0.15, -0.1) is 0 Å². The lowest BCUT2D eigenvalue weighted by Gasteiger charge is -2.17. The predicted octanol–water partition coefficient (Wildman–Crippen LogP) is 1.86. The van der Waals surface area contributed by atoms with E-state index in [-0.39, 0.29) is 11.8 Å². The van der Waals surface area contributed by atoms with Crippen LogP contribution in [0, 0.1) is 0 Å². The Labute approximate surface area is 150 Å². The molecule has 0 unspecified atom stereocenters. The first kappa shape index (κ1) is 16.0. The second-order valence-electron chi connectivity index (χ2n) is 6.12. The van der Waals surface area contributed by atoms with Crippen LogP contribution in [0.15, 0.2) is 55.1 Å². The minimum absolute atomic E-state index is 0.0974. The molecule has 2 N–H and O–H groups in total. The van der Waals surface area contributed by atoms with Gasteiger partial charge in [0, 0.05) is 23.4 Å². The van der Waals surface area contributed by atoms with Crippen LogP contribution in [0.25, 0.3) is 0 Å². The molecule has 0 aliphatic carbocycles. The number of carbonyl (C=O) groups is 2. The molecular weight excluding hydrogens is 330 g/mol. The molecule has 0 atom stereocenters. The van der Waals surface area contributed by atoms with Crippen LogP contribution in [0.1, 0.15) is 31.8 Å². The second-order valence-corrected chi connectivity index (χ2v) is 6.12. The first-order valence-corrected chi connectivity index (χ1v) is 8.33. The molecule has 0 fully saturated rings. The van der Waals surface area contributed by atoms with E-state index in [1.807, 2.05) is 24.3 Å². The number of rotatable bonds is 4. The van der Waals surface area contributed by atoms with E-state index in [9.17, 15) is 9.59 Å². The van der Waals surface area contributed by atoms with E-state index in [2.05, 4.69) is 20.7 Å². The molecule has 0 saturated heterocycles. The van der Waals surface area contributed by atoms with E-state index in [1.54, 1.807) is 29.2 Å². The topological polar surface area (TPSA) is 88.9 Å². The van der Waals surface area contributed by atoms with E-state index in [4.69, 9.17) is 0 Å². The highest BCUT2D eigenvalue weighted by atomic mass is 16.2. The monoisotopic (exact) mass is 347 g/mol.